The molecule has 0 radical (unpaired) electrons. The minimum absolute atomic E-state index is 0.125. The normalized spacial score (nSPS) is 12.4. The van der Waals surface area contributed by atoms with Crippen molar-refractivity contribution in [2.45, 2.75) is 25.7 Å². The van der Waals surface area contributed by atoms with Crippen LogP contribution in [0.2, 0.25) is 0 Å². The third-order valence-corrected chi connectivity index (χ3v) is 7.65. The maximum absolute atomic E-state index is 13.9. The highest BCUT2D eigenvalue weighted by molar-refractivity contribution is 6.07. The first-order chi connectivity index (χ1) is 21.1. The first kappa shape index (κ1) is 28.7. The lowest BCUT2D eigenvalue weighted by Crippen LogP contribution is -2.27. The molecule has 0 saturated carbocycles. The number of carbonyl (C=O) groups is 2. The van der Waals surface area contributed by atoms with Gasteiger partial charge in [0.25, 0.3) is 5.91 Å². The Bertz CT molecular complexity index is 2030. The van der Waals surface area contributed by atoms with Crippen LogP contribution in [0, 0.1) is 0 Å². The molecule has 5 aromatic carbocycles. The molecule has 0 fully saturated rings. The van der Waals surface area contributed by atoms with E-state index in [-0.39, 0.29) is 11.1 Å². The first-order valence-corrected chi connectivity index (χ1v) is 13.9. The van der Waals surface area contributed by atoms with Gasteiger partial charge in [0.1, 0.15) is 0 Å². The Balaban J connectivity index is 1.42. The summed E-state index contributed by atoms with van der Waals surface area (Å²) < 4.78 is 42.3. The number of aromatic nitrogens is 2. The lowest BCUT2D eigenvalue weighted by atomic mass is 9.98. The quantitative estimate of drug-likeness (QED) is 0.196. The summed E-state index contributed by atoms with van der Waals surface area (Å²) in [7, 11) is 0. The minimum atomic E-state index is -4.52. The molecule has 0 unspecified atom stereocenters. The van der Waals surface area contributed by atoms with Gasteiger partial charge in [-0.2, -0.15) is 18.3 Å². The van der Waals surface area contributed by atoms with E-state index in [1.807, 2.05) is 36.4 Å². The largest absolute Gasteiger partial charge is 0.478 e. The van der Waals surface area contributed by atoms with Gasteiger partial charge in [-0.15, -0.1) is 0 Å². The van der Waals surface area contributed by atoms with Crippen LogP contribution in [-0.2, 0) is 12.7 Å². The zero-order valence-electron chi connectivity index (χ0n) is 23.5. The van der Waals surface area contributed by atoms with Crippen LogP contribution in [0.4, 0.5) is 13.2 Å². The van der Waals surface area contributed by atoms with Crippen molar-refractivity contribution in [2.24, 2.45) is 0 Å². The SMILES string of the molecule is C[C@H](NC(=O)c1cc(-c2cccc(C(F)(F)F)c2)cc2cnn(Cc3ccc4ccccc4c3)c12)c1ccc(C(=O)O)cc1. The van der Waals surface area contributed by atoms with Gasteiger partial charge in [-0.1, -0.05) is 60.7 Å². The van der Waals surface area contributed by atoms with E-state index >= 15 is 0 Å². The van der Waals surface area contributed by atoms with Crippen molar-refractivity contribution in [1.29, 1.82) is 0 Å². The van der Waals surface area contributed by atoms with Crippen molar-refractivity contribution in [3.63, 3.8) is 0 Å². The maximum atomic E-state index is 13.9. The fourth-order valence-electron chi connectivity index (χ4n) is 5.35. The number of nitrogens with zero attached hydrogens (tertiary/aromatic N) is 2. The fourth-order valence-corrected chi connectivity index (χ4v) is 5.35. The molecule has 0 saturated heterocycles. The summed E-state index contributed by atoms with van der Waals surface area (Å²) in [5.74, 6) is -1.50. The van der Waals surface area contributed by atoms with E-state index < -0.39 is 29.7 Å². The Morgan fingerprint density at radius 1 is 0.841 bits per heavy atom. The number of hydrogen-bond donors (Lipinski definition) is 2. The van der Waals surface area contributed by atoms with Crippen molar-refractivity contribution >= 4 is 33.6 Å². The number of fused-ring (bicyclic) bond motifs is 2. The van der Waals surface area contributed by atoms with Crippen LogP contribution in [0.3, 0.4) is 0 Å². The molecule has 2 N–H and O–H groups in total. The van der Waals surface area contributed by atoms with E-state index in [9.17, 15) is 27.9 Å². The second-order valence-electron chi connectivity index (χ2n) is 10.6. The smallest absolute Gasteiger partial charge is 0.416 e. The summed E-state index contributed by atoms with van der Waals surface area (Å²) in [5.41, 5.74) is 2.55. The standard InChI is InChI=1S/C35H26F3N3O3/c1-21(23-11-13-25(14-12-23)34(43)44)40-33(42)31-18-28(27-7-4-8-30(17-27)35(36,37)38)16-29-19-39-41(32(29)31)20-22-9-10-24-5-2-3-6-26(24)15-22/h2-19,21H,20H2,1H3,(H,40,42)(H,43,44)/t21-/m0/s1. The third kappa shape index (κ3) is 5.76. The number of aromatic carboxylic acids is 1. The van der Waals surface area contributed by atoms with Gasteiger partial charge in [0.2, 0.25) is 0 Å². The minimum Gasteiger partial charge on any atom is -0.478 e. The number of halogens is 3. The number of amides is 1. The van der Waals surface area contributed by atoms with Crippen LogP contribution in [0.25, 0.3) is 32.8 Å². The van der Waals surface area contributed by atoms with Crippen molar-refractivity contribution in [2.75, 3.05) is 0 Å². The molecule has 1 atom stereocenters. The Kier molecular flexibility index (Phi) is 7.38. The lowest BCUT2D eigenvalue weighted by molar-refractivity contribution is -0.137. The average molecular weight is 594 g/mol. The van der Waals surface area contributed by atoms with Crippen LogP contribution in [-0.4, -0.2) is 26.8 Å². The fraction of sp³-hybridized carbons (Fsp3) is 0.114. The molecule has 0 bridgehead atoms. The number of hydrogen-bond acceptors (Lipinski definition) is 3. The second kappa shape index (κ2) is 11.3. The number of alkyl halides is 3. The van der Waals surface area contributed by atoms with Gasteiger partial charge >= 0.3 is 12.1 Å². The number of carbonyl (C=O) groups excluding carboxylic acids is 1. The summed E-state index contributed by atoms with van der Waals surface area (Å²) in [5, 5.41) is 19.5. The molecule has 9 heteroatoms. The molecule has 220 valence electrons. The van der Waals surface area contributed by atoms with E-state index in [4.69, 9.17) is 0 Å². The predicted molar refractivity (Wildman–Crippen MR) is 163 cm³/mol. The van der Waals surface area contributed by atoms with Crippen molar-refractivity contribution < 1.29 is 27.9 Å². The monoisotopic (exact) mass is 593 g/mol. The van der Waals surface area contributed by atoms with Gasteiger partial charge in [-0.25, -0.2) is 4.79 Å². The lowest BCUT2D eigenvalue weighted by Gasteiger charge is -2.17. The van der Waals surface area contributed by atoms with Crippen molar-refractivity contribution in [3.05, 3.63) is 137 Å². The number of carboxylic acids is 1. The zero-order valence-corrected chi connectivity index (χ0v) is 23.5. The topological polar surface area (TPSA) is 84.2 Å². The van der Waals surface area contributed by atoms with Crippen molar-refractivity contribution in [1.82, 2.24) is 15.1 Å². The van der Waals surface area contributed by atoms with Gasteiger partial charge in [-0.3, -0.25) is 9.48 Å². The molecule has 1 amide bonds. The van der Waals surface area contributed by atoms with Crippen LogP contribution in [0.1, 0.15) is 50.4 Å². The molecule has 1 aromatic heterocycles. The van der Waals surface area contributed by atoms with Gasteiger partial charge in [-0.05, 0) is 82.4 Å². The molecule has 1 heterocycles. The number of carboxylic acid groups (broad SMARTS) is 1. The van der Waals surface area contributed by atoms with Gasteiger partial charge in [0.05, 0.1) is 41.0 Å². The maximum Gasteiger partial charge on any atom is 0.416 e. The average Bonchev–Trinajstić information content (AvgIpc) is 3.42. The molecule has 0 spiro atoms. The predicted octanol–water partition coefficient (Wildman–Crippen LogP) is 8.11. The summed E-state index contributed by atoms with van der Waals surface area (Å²) in [6, 6.07) is 28.1. The van der Waals surface area contributed by atoms with Crippen LogP contribution in [0.5, 0.6) is 0 Å². The summed E-state index contributed by atoms with van der Waals surface area (Å²) >= 11 is 0. The Labute approximate surface area is 250 Å². The Morgan fingerprint density at radius 3 is 2.32 bits per heavy atom. The molecular weight excluding hydrogens is 567 g/mol. The molecule has 6 rings (SSSR count). The molecule has 6 aromatic rings. The molecule has 6 nitrogen and oxygen atoms in total. The summed E-state index contributed by atoms with van der Waals surface area (Å²) in [6.07, 6.45) is -2.91. The van der Waals surface area contributed by atoms with E-state index in [2.05, 4.69) is 16.5 Å². The van der Waals surface area contributed by atoms with E-state index in [1.54, 1.807) is 48.1 Å². The second-order valence-corrected chi connectivity index (χ2v) is 10.6. The Morgan fingerprint density at radius 2 is 1.59 bits per heavy atom. The molecule has 0 aliphatic rings. The van der Waals surface area contributed by atoms with Crippen LogP contribution in [0.15, 0.2) is 109 Å². The number of nitrogens with one attached hydrogen (secondary N) is 1. The van der Waals surface area contributed by atoms with E-state index in [1.165, 1.54) is 18.2 Å². The zero-order chi connectivity index (χ0) is 31.0. The Hall–Kier alpha value is -5.44. The first-order valence-electron chi connectivity index (χ1n) is 13.9. The molecule has 0 aliphatic heterocycles. The van der Waals surface area contributed by atoms with Crippen LogP contribution < -0.4 is 5.32 Å². The van der Waals surface area contributed by atoms with Crippen LogP contribution >= 0.6 is 0 Å². The summed E-state index contributed by atoms with van der Waals surface area (Å²) in [4.78, 5) is 25.1. The highest BCUT2D eigenvalue weighted by atomic mass is 19.4. The molecular formula is C35H26F3N3O3. The van der Waals surface area contributed by atoms with Gasteiger partial charge < -0.3 is 10.4 Å². The summed E-state index contributed by atoms with van der Waals surface area (Å²) in [6.45, 7) is 2.14. The third-order valence-electron chi connectivity index (χ3n) is 7.65. The van der Waals surface area contributed by atoms with Crippen molar-refractivity contribution in [3.8, 4) is 11.1 Å². The number of rotatable bonds is 7. The molecule has 0 aliphatic carbocycles. The van der Waals surface area contributed by atoms with Gasteiger partial charge in [0.15, 0.2) is 0 Å². The van der Waals surface area contributed by atoms with E-state index in [0.29, 0.717) is 34.1 Å². The number of benzene rings is 5. The molecule has 44 heavy (non-hydrogen) atoms. The highest BCUT2D eigenvalue weighted by Gasteiger charge is 2.30. The van der Waals surface area contributed by atoms with Gasteiger partial charge in [0, 0.05) is 5.39 Å². The highest BCUT2D eigenvalue weighted by Crippen LogP contribution is 2.34. The van der Waals surface area contributed by atoms with E-state index in [0.717, 1.165) is 28.5 Å².